The van der Waals surface area contributed by atoms with Crippen molar-refractivity contribution in [3.8, 4) is 0 Å². The lowest BCUT2D eigenvalue weighted by molar-refractivity contribution is 0.114. The topological polar surface area (TPSA) is 34.5 Å². The van der Waals surface area contributed by atoms with E-state index in [2.05, 4.69) is 0 Å². The van der Waals surface area contributed by atoms with Gasteiger partial charge in [-0.1, -0.05) is 24.3 Å². The van der Waals surface area contributed by atoms with Crippen LogP contribution in [0.25, 0.3) is 21.7 Å². The minimum Gasteiger partial charge on any atom is -0.450 e. The summed E-state index contributed by atoms with van der Waals surface area (Å²) in [5, 5.41) is 2.53. The molecule has 4 rings (SSSR count). The highest BCUT2D eigenvalue weighted by Gasteiger charge is 2.16. The van der Waals surface area contributed by atoms with Crippen LogP contribution in [0.2, 0.25) is 0 Å². The van der Waals surface area contributed by atoms with Gasteiger partial charge in [0.05, 0.1) is 13.2 Å². The number of nitrogens with zero attached hydrogens (tertiary/aromatic N) is 2. The molecule has 0 saturated carbocycles. The Balaban J connectivity index is 1.75. The summed E-state index contributed by atoms with van der Waals surface area (Å²) in [6.45, 7) is 2.82. The molecule has 0 fully saturated rings. The molecule has 0 aliphatic rings. The molecule has 4 nitrogen and oxygen atoms in total. The van der Waals surface area contributed by atoms with E-state index in [4.69, 9.17) is 4.74 Å². The number of benzene rings is 3. The monoisotopic (exact) mass is 408 g/mol. The van der Waals surface area contributed by atoms with Crippen molar-refractivity contribution in [2.24, 2.45) is 0 Å². The second-order valence-corrected chi connectivity index (χ2v) is 7.28. The number of aromatic nitrogens is 1. The Morgan fingerprint density at radius 1 is 1.00 bits per heavy atom. The minimum atomic E-state index is -0.431. The molecule has 0 radical (unpaired) electrons. The molecule has 0 spiro atoms. The summed E-state index contributed by atoms with van der Waals surface area (Å²) in [7, 11) is 1.65. The molecule has 0 N–H and O–H groups in total. The molecule has 3 aromatic carbocycles. The maximum Gasteiger partial charge on any atom is 0.409 e. The number of hydrogen-bond donors (Lipinski definition) is 0. The van der Waals surface area contributed by atoms with Crippen molar-refractivity contribution >= 4 is 27.8 Å². The van der Waals surface area contributed by atoms with Crippen LogP contribution >= 0.6 is 0 Å². The van der Waals surface area contributed by atoms with Crippen molar-refractivity contribution in [1.82, 2.24) is 9.47 Å². The average Bonchev–Trinajstić information content (AvgIpc) is 3.05. The molecule has 1 heterocycles. The van der Waals surface area contributed by atoms with Gasteiger partial charge in [0.1, 0.15) is 11.6 Å². The molecule has 4 aromatic rings. The maximum atomic E-state index is 14.0. The fraction of sp³-hybridized carbons (Fsp3) is 0.208. The first-order chi connectivity index (χ1) is 14.5. The number of hydrogen-bond acceptors (Lipinski definition) is 2. The highest BCUT2D eigenvalue weighted by Crippen LogP contribution is 2.27. The highest BCUT2D eigenvalue weighted by atomic mass is 19.1. The summed E-state index contributed by atoms with van der Waals surface area (Å²) in [4.78, 5) is 13.5. The van der Waals surface area contributed by atoms with Gasteiger partial charge in [0, 0.05) is 30.7 Å². The number of rotatable bonds is 5. The standard InChI is InChI=1S/C24H22F2N2O2/c1-3-30-24(29)27(2)13-18-15-28(23-10-9-20(26)12-22(18)23)14-17-6-4-5-16-7-8-19(25)11-21(16)17/h4-12,15H,3,13-14H2,1-2H3. The van der Waals surface area contributed by atoms with Crippen LogP contribution in [-0.4, -0.2) is 29.2 Å². The Bertz CT molecular complexity index is 1230. The van der Waals surface area contributed by atoms with E-state index in [0.29, 0.717) is 6.54 Å². The van der Waals surface area contributed by atoms with Gasteiger partial charge in [0.2, 0.25) is 0 Å². The molecule has 0 unspecified atom stereocenters. The van der Waals surface area contributed by atoms with Gasteiger partial charge in [-0.25, -0.2) is 13.6 Å². The Labute approximate surface area is 173 Å². The fourth-order valence-corrected chi connectivity index (χ4v) is 3.78. The second-order valence-electron chi connectivity index (χ2n) is 7.28. The molecule has 154 valence electrons. The minimum absolute atomic E-state index is 0.286. The number of amides is 1. The predicted molar refractivity (Wildman–Crippen MR) is 113 cm³/mol. The lowest BCUT2D eigenvalue weighted by Gasteiger charge is -2.15. The third-order valence-electron chi connectivity index (χ3n) is 5.19. The zero-order valence-electron chi connectivity index (χ0n) is 16.9. The summed E-state index contributed by atoms with van der Waals surface area (Å²) in [5.74, 6) is -0.626. The largest absolute Gasteiger partial charge is 0.450 e. The van der Waals surface area contributed by atoms with Crippen LogP contribution in [0.5, 0.6) is 0 Å². The van der Waals surface area contributed by atoms with Crippen molar-refractivity contribution < 1.29 is 18.3 Å². The van der Waals surface area contributed by atoms with Crippen LogP contribution in [0.1, 0.15) is 18.1 Å². The molecule has 1 amide bonds. The number of halogens is 2. The third-order valence-corrected chi connectivity index (χ3v) is 5.19. The third kappa shape index (κ3) is 3.85. The zero-order chi connectivity index (χ0) is 21.3. The number of carbonyl (C=O) groups is 1. The SMILES string of the molecule is CCOC(=O)N(C)Cc1cn(Cc2cccc3ccc(F)cc23)c2ccc(F)cc12. The summed E-state index contributed by atoms with van der Waals surface area (Å²) in [6.07, 6.45) is 1.48. The second kappa shape index (κ2) is 8.14. The van der Waals surface area contributed by atoms with Crippen molar-refractivity contribution in [3.63, 3.8) is 0 Å². The molecule has 0 aliphatic carbocycles. The molecule has 1 aromatic heterocycles. The van der Waals surface area contributed by atoms with Crippen LogP contribution in [-0.2, 0) is 17.8 Å². The van der Waals surface area contributed by atoms with Gasteiger partial charge >= 0.3 is 6.09 Å². The van der Waals surface area contributed by atoms with E-state index in [-0.39, 0.29) is 24.8 Å². The number of carbonyl (C=O) groups excluding carboxylic acids is 1. The molecule has 0 atom stereocenters. The van der Waals surface area contributed by atoms with Gasteiger partial charge in [-0.2, -0.15) is 0 Å². The first-order valence-electron chi connectivity index (χ1n) is 9.78. The zero-order valence-corrected chi connectivity index (χ0v) is 16.9. The first kappa shape index (κ1) is 19.9. The lowest BCUT2D eigenvalue weighted by Crippen LogP contribution is -2.26. The number of ether oxygens (including phenoxy) is 1. The van der Waals surface area contributed by atoms with Gasteiger partial charge in [-0.3, -0.25) is 0 Å². The quantitative estimate of drug-likeness (QED) is 0.424. The van der Waals surface area contributed by atoms with Gasteiger partial charge in [0.15, 0.2) is 0 Å². The van der Waals surface area contributed by atoms with Crippen LogP contribution < -0.4 is 0 Å². The molecular formula is C24H22F2N2O2. The van der Waals surface area contributed by atoms with Gasteiger partial charge in [0.25, 0.3) is 0 Å². The Morgan fingerprint density at radius 3 is 2.50 bits per heavy atom. The molecular weight excluding hydrogens is 386 g/mol. The van der Waals surface area contributed by atoms with E-state index < -0.39 is 6.09 Å². The lowest BCUT2D eigenvalue weighted by atomic mass is 10.0. The van der Waals surface area contributed by atoms with Crippen LogP contribution in [0.4, 0.5) is 13.6 Å². The smallest absolute Gasteiger partial charge is 0.409 e. The van der Waals surface area contributed by atoms with Gasteiger partial charge in [-0.15, -0.1) is 0 Å². The molecule has 0 saturated heterocycles. The summed E-state index contributed by atoms with van der Waals surface area (Å²) in [5.41, 5.74) is 2.61. The van der Waals surface area contributed by atoms with Crippen molar-refractivity contribution in [3.05, 3.63) is 83.6 Å². The molecule has 30 heavy (non-hydrogen) atoms. The highest BCUT2D eigenvalue weighted by molar-refractivity contribution is 5.87. The van der Waals surface area contributed by atoms with Crippen LogP contribution in [0.15, 0.2) is 60.8 Å². The molecule has 0 aliphatic heterocycles. The first-order valence-corrected chi connectivity index (χ1v) is 9.78. The van der Waals surface area contributed by atoms with Crippen LogP contribution in [0.3, 0.4) is 0 Å². The molecule has 6 heteroatoms. The van der Waals surface area contributed by atoms with Gasteiger partial charge in [-0.05, 0) is 59.2 Å². The van der Waals surface area contributed by atoms with Crippen molar-refractivity contribution in [2.45, 2.75) is 20.0 Å². The van der Waals surface area contributed by atoms with Crippen LogP contribution in [0, 0.1) is 11.6 Å². The van der Waals surface area contributed by atoms with E-state index in [0.717, 1.165) is 32.8 Å². The van der Waals surface area contributed by atoms with Gasteiger partial charge < -0.3 is 14.2 Å². The number of fused-ring (bicyclic) bond motifs is 2. The van der Waals surface area contributed by atoms with E-state index in [1.165, 1.54) is 29.2 Å². The normalized spacial score (nSPS) is 11.2. The summed E-state index contributed by atoms with van der Waals surface area (Å²) >= 11 is 0. The maximum absolute atomic E-state index is 14.0. The Morgan fingerprint density at radius 2 is 1.73 bits per heavy atom. The van der Waals surface area contributed by atoms with E-state index in [1.807, 2.05) is 29.0 Å². The van der Waals surface area contributed by atoms with E-state index in [1.54, 1.807) is 26.1 Å². The predicted octanol–water partition coefficient (Wildman–Crippen LogP) is 5.71. The average molecular weight is 408 g/mol. The van der Waals surface area contributed by atoms with E-state index in [9.17, 15) is 13.6 Å². The summed E-state index contributed by atoms with van der Waals surface area (Å²) < 4.78 is 34.9. The Hall–Kier alpha value is -3.41. The summed E-state index contributed by atoms with van der Waals surface area (Å²) in [6, 6.07) is 15.2. The fourth-order valence-electron chi connectivity index (χ4n) is 3.78. The van der Waals surface area contributed by atoms with Crippen molar-refractivity contribution in [2.75, 3.05) is 13.7 Å². The molecule has 0 bridgehead atoms. The van der Waals surface area contributed by atoms with Crippen molar-refractivity contribution in [1.29, 1.82) is 0 Å². The van der Waals surface area contributed by atoms with E-state index >= 15 is 0 Å². The Kier molecular flexibility index (Phi) is 5.40.